The van der Waals surface area contributed by atoms with Crippen molar-refractivity contribution in [1.82, 2.24) is 10.6 Å². The molecular formula is C17H16F2N2O2. The normalized spacial score (nSPS) is 10.2. The van der Waals surface area contributed by atoms with Crippen LogP contribution in [0, 0.1) is 11.6 Å². The van der Waals surface area contributed by atoms with E-state index in [4.69, 9.17) is 0 Å². The molecule has 0 bridgehead atoms. The molecule has 0 spiro atoms. The van der Waals surface area contributed by atoms with Crippen LogP contribution in [-0.2, 0) is 22.7 Å². The van der Waals surface area contributed by atoms with Crippen LogP contribution in [0.5, 0.6) is 0 Å². The summed E-state index contributed by atoms with van der Waals surface area (Å²) in [6, 6.07) is 11.8. The second-order valence-corrected chi connectivity index (χ2v) is 4.95. The summed E-state index contributed by atoms with van der Waals surface area (Å²) < 4.78 is 26.1. The average Bonchev–Trinajstić information content (AvgIpc) is 2.53. The first kappa shape index (κ1) is 16.6. The van der Waals surface area contributed by atoms with Gasteiger partial charge < -0.3 is 10.6 Å². The zero-order chi connectivity index (χ0) is 16.7. The van der Waals surface area contributed by atoms with Gasteiger partial charge in [0.1, 0.15) is 18.1 Å². The van der Waals surface area contributed by atoms with Crippen molar-refractivity contribution in [2.24, 2.45) is 0 Å². The summed E-state index contributed by atoms with van der Waals surface area (Å²) in [7, 11) is 0. The van der Waals surface area contributed by atoms with Crippen molar-refractivity contribution < 1.29 is 18.4 Å². The smallest absolute Gasteiger partial charge is 0.229 e. The second-order valence-electron chi connectivity index (χ2n) is 4.95. The molecule has 0 atom stereocenters. The summed E-state index contributed by atoms with van der Waals surface area (Å²) in [6.45, 7) is 0.233. The van der Waals surface area contributed by atoms with Gasteiger partial charge in [0.05, 0.1) is 0 Å². The number of hydrogen-bond donors (Lipinski definition) is 2. The van der Waals surface area contributed by atoms with Crippen LogP contribution >= 0.6 is 0 Å². The molecule has 0 radical (unpaired) electrons. The van der Waals surface area contributed by atoms with E-state index in [9.17, 15) is 18.4 Å². The minimum absolute atomic E-state index is 0.0246. The zero-order valence-corrected chi connectivity index (χ0v) is 12.3. The lowest BCUT2D eigenvalue weighted by molar-refractivity contribution is -0.129. The Morgan fingerprint density at radius 1 is 0.826 bits per heavy atom. The molecule has 0 aliphatic rings. The predicted molar refractivity (Wildman–Crippen MR) is 81.1 cm³/mol. The van der Waals surface area contributed by atoms with Gasteiger partial charge >= 0.3 is 0 Å². The van der Waals surface area contributed by atoms with Gasteiger partial charge in [0, 0.05) is 18.7 Å². The Hall–Kier alpha value is -2.76. The maximum atomic E-state index is 13.4. The van der Waals surface area contributed by atoms with E-state index in [2.05, 4.69) is 10.6 Å². The summed E-state index contributed by atoms with van der Waals surface area (Å²) in [5.74, 6) is -1.72. The van der Waals surface area contributed by atoms with Gasteiger partial charge in [0.2, 0.25) is 11.8 Å². The van der Waals surface area contributed by atoms with Crippen molar-refractivity contribution in [3.8, 4) is 0 Å². The van der Waals surface area contributed by atoms with Gasteiger partial charge in [-0.05, 0) is 23.8 Å². The highest BCUT2D eigenvalue weighted by Crippen LogP contribution is 2.05. The average molecular weight is 318 g/mol. The van der Waals surface area contributed by atoms with Gasteiger partial charge in [-0.2, -0.15) is 0 Å². The first-order valence-electron chi connectivity index (χ1n) is 7.06. The van der Waals surface area contributed by atoms with E-state index in [0.717, 1.165) is 5.56 Å². The van der Waals surface area contributed by atoms with Gasteiger partial charge in [-0.15, -0.1) is 0 Å². The Morgan fingerprint density at radius 2 is 1.43 bits per heavy atom. The summed E-state index contributed by atoms with van der Waals surface area (Å²) in [6.07, 6.45) is -0.352. The third kappa shape index (κ3) is 5.50. The minimum atomic E-state index is -0.496. The highest BCUT2D eigenvalue weighted by atomic mass is 19.1. The van der Waals surface area contributed by atoms with E-state index in [1.54, 1.807) is 30.3 Å². The molecule has 2 amide bonds. The van der Waals surface area contributed by atoms with E-state index in [1.807, 2.05) is 0 Å². The first-order valence-corrected chi connectivity index (χ1v) is 7.06. The molecule has 0 unspecified atom stereocenters. The second kappa shape index (κ2) is 8.03. The van der Waals surface area contributed by atoms with Crippen LogP contribution in [0.15, 0.2) is 48.5 Å². The van der Waals surface area contributed by atoms with Crippen molar-refractivity contribution in [1.29, 1.82) is 0 Å². The molecule has 2 rings (SSSR count). The van der Waals surface area contributed by atoms with Crippen LogP contribution in [0.25, 0.3) is 0 Å². The van der Waals surface area contributed by atoms with E-state index in [-0.39, 0.29) is 25.3 Å². The van der Waals surface area contributed by atoms with E-state index in [0.29, 0.717) is 5.56 Å². The van der Waals surface area contributed by atoms with Crippen LogP contribution < -0.4 is 10.6 Å². The molecule has 2 N–H and O–H groups in total. The fourth-order valence-electron chi connectivity index (χ4n) is 1.91. The number of benzene rings is 2. The largest absolute Gasteiger partial charge is 0.352 e. The van der Waals surface area contributed by atoms with Crippen molar-refractivity contribution >= 4 is 11.8 Å². The van der Waals surface area contributed by atoms with Crippen molar-refractivity contribution in [2.75, 3.05) is 0 Å². The molecule has 6 heteroatoms. The van der Waals surface area contributed by atoms with Crippen molar-refractivity contribution in [2.45, 2.75) is 19.5 Å². The quantitative estimate of drug-likeness (QED) is 0.803. The number of halogens is 2. The topological polar surface area (TPSA) is 58.2 Å². The Labute approximate surface area is 132 Å². The molecule has 23 heavy (non-hydrogen) atoms. The molecular weight excluding hydrogens is 302 g/mol. The standard InChI is InChI=1S/C17H16F2N2O2/c18-14-7-5-12(6-8-14)10-20-16(22)9-17(23)21-11-13-3-1-2-4-15(13)19/h1-8H,9-11H2,(H,20,22)(H,21,23). The third-order valence-electron chi connectivity index (χ3n) is 3.16. The van der Waals surface area contributed by atoms with E-state index >= 15 is 0 Å². The molecule has 2 aromatic carbocycles. The third-order valence-corrected chi connectivity index (χ3v) is 3.16. The van der Waals surface area contributed by atoms with Crippen LogP contribution in [0.2, 0.25) is 0 Å². The lowest BCUT2D eigenvalue weighted by atomic mass is 10.2. The molecule has 0 aliphatic carbocycles. The number of carbonyl (C=O) groups is 2. The van der Waals surface area contributed by atoms with E-state index in [1.165, 1.54) is 18.2 Å². The summed E-state index contributed by atoms with van der Waals surface area (Å²) in [5.41, 5.74) is 1.08. The molecule has 0 aromatic heterocycles. The molecule has 2 aromatic rings. The Balaban J connectivity index is 1.73. The summed E-state index contributed by atoms with van der Waals surface area (Å²) in [4.78, 5) is 23.3. The Morgan fingerprint density at radius 3 is 2.09 bits per heavy atom. The number of nitrogens with one attached hydrogen (secondary N) is 2. The maximum absolute atomic E-state index is 13.4. The Kier molecular flexibility index (Phi) is 5.80. The highest BCUT2D eigenvalue weighted by Gasteiger charge is 2.10. The van der Waals surface area contributed by atoms with Gasteiger partial charge in [0.15, 0.2) is 0 Å². The van der Waals surface area contributed by atoms with E-state index < -0.39 is 17.6 Å². The predicted octanol–water partition coefficient (Wildman–Crippen LogP) is 2.29. The summed E-state index contributed by atoms with van der Waals surface area (Å²) >= 11 is 0. The number of hydrogen-bond acceptors (Lipinski definition) is 2. The first-order chi connectivity index (χ1) is 11.0. The zero-order valence-electron chi connectivity index (χ0n) is 12.3. The van der Waals surface area contributed by atoms with Gasteiger partial charge in [-0.1, -0.05) is 30.3 Å². The van der Waals surface area contributed by atoms with Gasteiger partial charge in [-0.3, -0.25) is 9.59 Å². The molecule has 0 fully saturated rings. The minimum Gasteiger partial charge on any atom is -0.352 e. The lowest BCUT2D eigenvalue weighted by Gasteiger charge is -2.07. The molecule has 0 saturated heterocycles. The molecule has 4 nitrogen and oxygen atoms in total. The van der Waals surface area contributed by atoms with Crippen LogP contribution in [0.1, 0.15) is 17.5 Å². The number of rotatable bonds is 6. The Bertz CT molecular complexity index is 687. The number of amides is 2. The monoisotopic (exact) mass is 318 g/mol. The van der Waals surface area contributed by atoms with Crippen LogP contribution in [0.3, 0.4) is 0 Å². The highest BCUT2D eigenvalue weighted by molar-refractivity contribution is 5.96. The van der Waals surface area contributed by atoms with Crippen molar-refractivity contribution in [3.63, 3.8) is 0 Å². The van der Waals surface area contributed by atoms with Crippen LogP contribution in [0.4, 0.5) is 8.78 Å². The molecule has 0 aliphatic heterocycles. The SMILES string of the molecule is O=C(CC(=O)NCc1ccccc1F)NCc1ccc(F)cc1. The van der Waals surface area contributed by atoms with Crippen molar-refractivity contribution in [3.05, 3.63) is 71.3 Å². The maximum Gasteiger partial charge on any atom is 0.229 e. The van der Waals surface area contributed by atoms with Gasteiger partial charge in [0.25, 0.3) is 0 Å². The number of carbonyl (C=O) groups excluding carboxylic acids is 2. The fourth-order valence-corrected chi connectivity index (χ4v) is 1.91. The lowest BCUT2D eigenvalue weighted by Crippen LogP contribution is -2.31. The fraction of sp³-hybridized carbons (Fsp3) is 0.176. The molecule has 0 heterocycles. The van der Waals surface area contributed by atoms with Crippen LogP contribution in [-0.4, -0.2) is 11.8 Å². The summed E-state index contributed by atoms with van der Waals surface area (Å²) in [5, 5.41) is 5.05. The molecule has 0 saturated carbocycles. The van der Waals surface area contributed by atoms with Gasteiger partial charge in [-0.25, -0.2) is 8.78 Å². The molecule has 120 valence electrons.